The van der Waals surface area contributed by atoms with Crippen LogP contribution in [0, 0.1) is 0 Å². The molecule has 0 bridgehead atoms. The summed E-state index contributed by atoms with van der Waals surface area (Å²) in [6, 6.07) is 6.55. The summed E-state index contributed by atoms with van der Waals surface area (Å²) < 4.78 is 2.37. The summed E-state index contributed by atoms with van der Waals surface area (Å²) in [7, 11) is 0. The summed E-state index contributed by atoms with van der Waals surface area (Å²) in [5.74, 6) is -1.16. The highest BCUT2D eigenvalue weighted by Gasteiger charge is 2.09. The molecule has 0 spiro atoms. The molecule has 0 unspecified atom stereocenters. The molecular formula is C12H8BrClN2O3S. The standard InChI is InChI=1S/C12H8BrClN2O3S/c13-8-2-1-7(5-9(8)14)16-4-3-10(17)15-12(16)20-6-11(18)19/h1-5H,6H2,(H,18,19). The molecule has 1 aromatic carbocycles. The maximum Gasteiger partial charge on any atom is 0.313 e. The smallest absolute Gasteiger partial charge is 0.313 e. The number of hydrogen-bond donors (Lipinski definition) is 1. The summed E-state index contributed by atoms with van der Waals surface area (Å²) in [6.45, 7) is 0. The van der Waals surface area contributed by atoms with Crippen molar-refractivity contribution in [2.45, 2.75) is 5.16 Å². The molecule has 1 aromatic heterocycles. The van der Waals surface area contributed by atoms with Gasteiger partial charge in [-0.25, -0.2) is 0 Å². The van der Waals surface area contributed by atoms with E-state index in [9.17, 15) is 9.59 Å². The summed E-state index contributed by atoms with van der Waals surface area (Å²) in [4.78, 5) is 25.8. The van der Waals surface area contributed by atoms with Crippen LogP contribution in [0.1, 0.15) is 0 Å². The van der Waals surface area contributed by atoms with Crippen LogP contribution in [0.5, 0.6) is 0 Å². The van der Waals surface area contributed by atoms with Gasteiger partial charge in [0.2, 0.25) is 0 Å². The van der Waals surface area contributed by atoms with Crippen LogP contribution < -0.4 is 5.56 Å². The molecule has 8 heteroatoms. The monoisotopic (exact) mass is 374 g/mol. The van der Waals surface area contributed by atoms with Crippen molar-refractivity contribution in [3.63, 3.8) is 0 Å². The Morgan fingerprint density at radius 3 is 2.85 bits per heavy atom. The number of aliphatic carboxylic acids is 1. The lowest BCUT2D eigenvalue weighted by Gasteiger charge is -2.11. The van der Waals surface area contributed by atoms with Crippen molar-refractivity contribution in [2.75, 3.05) is 5.75 Å². The molecule has 0 saturated carbocycles. The zero-order valence-corrected chi connectivity index (χ0v) is 13.1. The highest BCUT2D eigenvalue weighted by atomic mass is 79.9. The topological polar surface area (TPSA) is 72.2 Å². The second-order valence-corrected chi connectivity index (χ2v) is 5.90. The molecule has 0 aliphatic heterocycles. The summed E-state index contributed by atoms with van der Waals surface area (Å²) in [5, 5.41) is 9.54. The molecule has 0 atom stereocenters. The molecule has 1 N–H and O–H groups in total. The van der Waals surface area contributed by atoms with Crippen LogP contribution in [0.3, 0.4) is 0 Å². The Morgan fingerprint density at radius 1 is 1.45 bits per heavy atom. The maximum atomic E-state index is 11.3. The zero-order chi connectivity index (χ0) is 14.7. The van der Waals surface area contributed by atoms with Gasteiger partial charge < -0.3 is 5.11 Å². The van der Waals surface area contributed by atoms with Gasteiger partial charge in [-0.3, -0.25) is 14.2 Å². The average molecular weight is 376 g/mol. The van der Waals surface area contributed by atoms with Crippen LogP contribution in [-0.2, 0) is 4.79 Å². The van der Waals surface area contributed by atoms with Gasteiger partial charge >= 0.3 is 5.97 Å². The van der Waals surface area contributed by atoms with Crippen LogP contribution >= 0.6 is 39.3 Å². The fourth-order valence-electron chi connectivity index (χ4n) is 1.45. The Morgan fingerprint density at radius 2 is 2.20 bits per heavy atom. The third kappa shape index (κ3) is 3.62. The second-order valence-electron chi connectivity index (χ2n) is 3.70. The van der Waals surface area contributed by atoms with Crippen molar-refractivity contribution in [3.05, 3.63) is 50.3 Å². The Kier molecular flexibility index (Phi) is 4.85. The fourth-order valence-corrected chi connectivity index (χ4v) is 2.58. The summed E-state index contributed by atoms with van der Waals surface area (Å²) in [6.07, 6.45) is 1.54. The average Bonchev–Trinajstić information content (AvgIpc) is 2.40. The molecule has 1 heterocycles. The first-order valence-electron chi connectivity index (χ1n) is 5.37. The summed E-state index contributed by atoms with van der Waals surface area (Å²) in [5.41, 5.74) is 0.274. The quantitative estimate of drug-likeness (QED) is 0.657. The van der Waals surface area contributed by atoms with E-state index in [-0.39, 0.29) is 5.75 Å². The SMILES string of the molecule is O=C(O)CSc1nc(=O)ccn1-c1ccc(Br)c(Cl)c1. The third-order valence-corrected chi connectivity index (χ3v) is 4.45. The molecule has 0 aliphatic carbocycles. The van der Waals surface area contributed by atoms with Gasteiger partial charge in [-0.05, 0) is 34.1 Å². The van der Waals surface area contributed by atoms with E-state index in [0.717, 1.165) is 16.2 Å². The van der Waals surface area contributed by atoms with Gasteiger partial charge in [0.05, 0.1) is 10.8 Å². The van der Waals surface area contributed by atoms with Crippen molar-refractivity contribution < 1.29 is 9.90 Å². The van der Waals surface area contributed by atoms with Gasteiger partial charge in [-0.2, -0.15) is 4.98 Å². The highest BCUT2D eigenvalue weighted by molar-refractivity contribution is 9.10. The maximum absolute atomic E-state index is 11.3. The first kappa shape index (κ1) is 15.1. The van der Waals surface area contributed by atoms with Crippen LogP contribution in [0.4, 0.5) is 0 Å². The molecule has 0 saturated heterocycles. The van der Waals surface area contributed by atoms with Gasteiger partial charge in [0, 0.05) is 22.4 Å². The minimum atomic E-state index is -0.978. The zero-order valence-electron chi connectivity index (χ0n) is 9.92. The largest absolute Gasteiger partial charge is 0.481 e. The van der Waals surface area contributed by atoms with Crippen LogP contribution in [0.2, 0.25) is 5.02 Å². The number of carboxylic acid groups (broad SMARTS) is 1. The number of aromatic nitrogens is 2. The van der Waals surface area contributed by atoms with Gasteiger partial charge in [0.1, 0.15) is 0 Å². The van der Waals surface area contributed by atoms with Gasteiger partial charge in [0.25, 0.3) is 5.56 Å². The summed E-state index contributed by atoms with van der Waals surface area (Å²) >= 11 is 10.3. The number of hydrogen-bond acceptors (Lipinski definition) is 4. The highest BCUT2D eigenvalue weighted by Crippen LogP contribution is 2.26. The van der Waals surface area contributed by atoms with Crippen molar-refractivity contribution in [1.29, 1.82) is 0 Å². The molecule has 0 fully saturated rings. The Hall–Kier alpha value is -1.31. The molecule has 2 aromatic rings. The van der Waals surface area contributed by atoms with Gasteiger partial charge in [-0.15, -0.1) is 0 Å². The first-order valence-corrected chi connectivity index (χ1v) is 7.53. The Balaban J connectivity index is 2.46. The molecule has 5 nitrogen and oxygen atoms in total. The fraction of sp³-hybridized carbons (Fsp3) is 0.0833. The van der Waals surface area contributed by atoms with Crippen LogP contribution in [0.15, 0.2) is 44.9 Å². The lowest BCUT2D eigenvalue weighted by molar-refractivity contribution is -0.133. The number of benzene rings is 1. The lowest BCUT2D eigenvalue weighted by atomic mass is 10.3. The van der Waals surface area contributed by atoms with E-state index < -0.39 is 11.5 Å². The van der Waals surface area contributed by atoms with E-state index in [1.807, 2.05) is 0 Å². The normalized spacial score (nSPS) is 10.5. The molecule has 20 heavy (non-hydrogen) atoms. The van der Waals surface area contributed by atoms with Crippen molar-refractivity contribution in [1.82, 2.24) is 9.55 Å². The number of rotatable bonds is 4. The van der Waals surface area contributed by atoms with E-state index in [1.54, 1.807) is 29.0 Å². The molecule has 104 valence electrons. The van der Waals surface area contributed by atoms with E-state index >= 15 is 0 Å². The van der Waals surface area contributed by atoms with Gasteiger partial charge in [0.15, 0.2) is 5.16 Å². The predicted octanol–water partition coefficient (Wildman–Crippen LogP) is 2.83. The number of thioether (sulfide) groups is 1. The molecule has 0 radical (unpaired) electrons. The van der Waals surface area contributed by atoms with E-state index in [2.05, 4.69) is 20.9 Å². The first-order chi connectivity index (χ1) is 9.47. The van der Waals surface area contributed by atoms with Crippen molar-refractivity contribution in [2.24, 2.45) is 0 Å². The number of halogens is 2. The van der Waals surface area contributed by atoms with E-state index in [4.69, 9.17) is 16.7 Å². The molecule has 2 rings (SSSR count). The van der Waals surface area contributed by atoms with Crippen LogP contribution in [0.25, 0.3) is 5.69 Å². The van der Waals surface area contributed by atoms with Crippen molar-refractivity contribution >= 4 is 45.3 Å². The van der Waals surface area contributed by atoms with Crippen LogP contribution in [-0.4, -0.2) is 26.4 Å². The number of carboxylic acids is 1. The van der Waals surface area contributed by atoms with E-state index in [0.29, 0.717) is 15.9 Å². The lowest BCUT2D eigenvalue weighted by Crippen LogP contribution is -2.13. The second kappa shape index (κ2) is 6.43. The Bertz CT molecular complexity index is 720. The third-order valence-electron chi connectivity index (χ3n) is 2.28. The number of nitrogens with zero attached hydrogens (tertiary/aromatic N) is 2. The Labute approximate surface area is 131 Å². The number of carbonyl (C=O) groups is 1. The van der Waals surface area contributed by atoms with E-state index in [1.165, 1.54) is 6.07 Å². The van der Waals surface area contributed by atoms with Gasteiger partial charge in [-0.1, -0.05) is 23.4 Å². The minimum Gasteiger partial charge on any atom is -0.481 e. The molecular weight excluding hydrogens is 368 g/mol. The predicted molar refractivity (Wildman–Crippen MR) is 80.9 cm³/mol. The van der Waals surface area contributed by atoms with Crippen molar-refractivity contribution in [3.8, 4) is 5.69 Å². The molecule has 0 amide bonds. The minimum absolute atomic E-state index is 0.180. The molecule has 0 aliphatic rings.